The van der Waals surface area contributed by atoms with Crippen LogP contribution in [0.5, 0.6) is 0 Å². The Kier molecular flexibility index (Phi) is 5.23. The number of benzene rings is 1. The molecular formula is C20H22N2O3S. The van der Waals surface area contributed by atoms with Gasteiger partial charge in [-0.25, -0.2) is 9.78 Å². The number of aryl methyl sites for hydroxylation is 2. The zero-order valence-electron chi connectivity index (χ0n) is 15.4. The Balaban J connectivity index is 2.22. The third kappa shape index (κ3) is 3.17. The van der Waals surface area contributed by atoms with Gasteiger partial charge in [-0.15, -0.1) is 11.3 Å². The Labute approximate surface area is 156 Å². The first-order valence-electron chi connectivity index (χ1n) is 8.71. The number of carbonyl (C=O) groups is 1. The van der Waals surface area contributed by atoms with Crippen molar-refractivity contribution in [3.05, 3.63) is 51.4 Å². The van der Waals surface area contributed by atoms with E-state index in [0.717, 1.165) is 21.6 Å². The SMILES string of the molecule is CCOC(=O)[C@H](CC)n1cnc2sc(C)c(-c3ccc(C)cc3)c2c1=O. The highest BCUT2D eigenvalue weighted by Crippen LogP contribution is 2.35. The van der Waals surface area contributed by atoms with E-state index in [1.54, 1.807) is 6.92 Å². The number of aromatic nitrogens is 2. The van der Waals surface area contributed by atoms with Gasteiger partial charge in [-0.3, -0.25) is 9.36 Å². The largest absolute Gasteiger partial charge is 0.464 e. The van der Waals surface area contributed by atoms with Crippen LogP contribution in [0.1, 0.15) is 36.8 Å². The summed E-state index contributed by atoms with van der Waals surface area (Å²) in [5.41, 5.74) is 2.85. The van der Waals surface area contributed by atoms with E-state index in [4.69, 9.17) is 4.74 Å². The first kappa shape index (κ1) is 18.3. The summed E-state index contributed by atoms with van der Waals surface area (Å²) in [7, 11) is 0. The van der Waals surface area contributed by atoms with Gasteiger partial charge in [0.05, 0.1) is 18.3 Å². The van der Waals surface area contributed by atoms with Crippen LogP contribution >= 0.6 is 11.3 Å². The van der Waals surface area contributed by atoms with Crippen LogP contribution in [0.25, 0.3) is 21.3 Å². The Morgan fingerprint density at radius 1 is 1.23 bits per heavy atom. The highest BCUT2D eigenvalue weighted by atomic mass is 32.1. The van der Waals surface area contributed by atoms with E-state index >= 15 is 0 Å². The van der Waals surface area contributed by atoms with Crippen LogP contribution in [-0.4, -0.2) is 22.1 Å². The fourth-order valence-corrected chi connectivity index (χ4v) is 4.12. The third-order valence-electron chi connectivity index (χ3n) is 4.43. The number of hydrogen-bond acceptors (Lipinski definition) is 5. The van der Waals surface area contributed by atoms with Gasteiger partial charge in [0.25, 0.3) is 5.56 Å². The smallest absolute Gasteiger partial charge is 0.329 e. The van der Waals surface area contributed by atoms with Gasteiger partial charge in [0.1, 0.15) is 10.9 Å². The molecule has 0 amide bonds. The first-order valence-corrected chi connectivity index (χ1v) is 9.53. The zero-order valence-corrected chi connectivity index (χ0v) is 16.2. The molecule has 0 saturated heterocycles. The molecule has 0 N–H and O–H groups in total. The average Bonchev–Trinajstić information content (AvgIpc) is 2.95. The molecule has 0 saturated carbocycles. The molecular weight excluding hydrogens is 348 g/mol. The van der Waals surface area contributed by atoms with Gasteiger partial charge in [0.15, 0.2) is 0 Å². The second-order valence-electron chi connectivity index (χ2n) is 6.21. The van der Waals surface area contributed by atoms with Gasteiger partial charge in [-0.2, -0.15) is 0 Å². The summed E-state index contributed by atoms with van der Waals surface area (Å²) >= 11 is 1.50. The molecule has 26 heavy (non-hydrogen) atoms. The molecule has 0 bridgehead atoms. The van der Waals surface area contributed by atoms with Crippen molar-refractivity contribution in [2.45, 2.75) is 40.2 Å². The fourth-order valence-electron chi connectivity index (χ4n) is 3.12. The lowest BCUT2D eigenvalue weighted by Crippen LogP contribution is -2.31. The minimum absolute atomic E-state index is 0.199. The number of ether oxygens (including phenoxy) is 1. The summed E-state index contributed by atoms with van der Waals surface area (Å²) in [4.78, 5) is 31.7. The summed E-state index contributed by atoms with van der Waals surface area (Å²) in [6.07, 6.45) is 1.93. The number of esters is 1. The molecule has 1 aromatic carbocycles. The second kappa shape index (κ2) is 7.41. The highest BCUT2D eigenvalue weighted by Gasteiger charge is 2.24. The van der Waals surface area contributed by atoms with Crippen molar-refractivity contribution in [3.8, 4) is 11.1 Å². The number of fused-ring (bicyclic) bond motifs is 1. The quantitative estimate of drug-likeness (QED) is 0.630. The maximum atomic E-state index is 13.2. The molecule has 3 rings (SSSR count). The predicted molar refractivity (Wildman–Crippen MR) is 105 cm³/mol. The number of rotatable bonds is 5. The average molecular weight is 370 g/mol. The molecule has 0 aliphatic rings. The topological polar surface area (TPSA) is 61.2 Å². The molecule has 5 nitrogen and oxygen atoms in total. The van der Waals surface area contributed by atoms with Crippen molar-refractivity contribution >= 4 is 27.5 Å². The maximum absolute atomic E-state index is 13.2. The van der Waals surface area contributed by atoms with Crippen molar-refractivity contribution in [1.29, 1.82) is 0 Å². The van der Waals surface area contributed by atoms with E-state index in [9.17, 15) is 9.59 Å². The van der Waals surface area contributed by atoms with Gasteiger partial charge in [-0.05, 0) is 32.8 Å². The van der Waals surface area contributed by atoms with Gasteiger partial charge in [0.2, 0.25) is 0 Å². The molecule has 6 heteroatoms. The van der Waals surface area contributed by atoms with Crippen LogP contribution in [-0.2, 0) is 9.53 Å². The van der Waals surface area contributed by atoms with E-state index in [-0.39, 0.29) is 12.2 Å². The molecule has 3 aromatic rings. The summed E-state index contributed by atoms with van der Waals surface area (Å²) in [6, 6.07) is 7.43. The Bertz CT molecular complexity index is 1000. The molecule has 136 valence electrons. The summed E-state index contributed by atoms with van der Waals surface area (Å²) < 4.78 is 6.53. The lowest BCUT2D eigenvalue weighted by Gasteiger charge is -2.16. The van der Waals surface area contributed by atoms with Crippen LogP contribution in [0, 0.1) is 13.8 Å². The van der Waals surface area contributed by atoms with Crippen LogP contribution in [0.4, 0.5) is 0 Å². The Morgan fingerprint density at radius 3 is 2.54 bits per heavy atom. The van der Waals surface area contributed by atoms with Crippen LogP contribution in [0.15, 0.2) is 35.4 Å². The van der Waals surface area contributed by atoms with Crippen molar-refractivity contribution in [3.63, 3.8) is 0 Å². The van der Waals surface area contributed by atoms with Gasteiger partial charge < -0.3 is 4.74 Å². The number of carbonyl (C=O) groups excluding carboxylic acids is 1. The molecule has 0 unspecified atom stereocenters. The molecule has 1 atom stereocenters. The molecule has 0 radical (unpaired) electrons. The minimum atomic E-state index is -0.662. The first-order chi connectivity index (χ1) is 12.5. The van der Waals surface area contributed by atoms with E-state index in [1.165, 1.54) is 22.2 Å². The van der Waals surface area contributed by atoms with Crippen molar-refractivity contribution in [2.75, 3.05) is 6.61 Å². The van der Waals surface area contributed by atoms with Crippen LogP contribution < -0.4 is 5.56 Å². The molecule has 0 aliphatic heterocycles. The fraction of sp³-hybridized carbons (Fsp3) is 0.350. The third-order valence-corrected chi connectivity index (χ3v) is 5.45. The maximum Gasteiger partial charge on any atom is 0.329 e. The number of hydrogen-bond donors (Lipinski definition) is 0. The summed E-state index contributed by atoms with van der Waals surface area (Å²) in [6.45, 7) is 7.92. The summed E-state index contributed by atoms with van der Waals surface area (Å²) in [5, 5.41) is 0.571. The lowest BCUT2D eigenvalue weighted by atomic mass is 10.0. The number of nitrogens with zero attached hydrogens (tertiary/aromatic N) is 2. The van der Waals surface area contributed by atoms with E-state index < -0.39 is 12.0 Å². The van der Waals surface area contributed by atoms with Crippen molar-refractivity contribution in [1.82, 2.24) is 9.55 Å². The molecule has 2 aromatic heterocycles. The van der Waals surface area contributed by atoms with Gasteiger partial charge in [0, 0.05) is 10.4 Å². The summed E-state index contributed by atoms with van der Waals surface area (Å²) in [5.74, 6) is -0.401. The Hall–Kier alpha value is -2.47. The minimum Gasteiger partial charge on any atom is -0.464 e. The molecule has 0 spiro atoms. The van der Waals surface area contributed by atoms with Crippen molar-refractivity contribution in [2.24, 2.45) is 0 Å². The van der Waals surface area contributed by atoms with Crippen LogP contribution in [0.3, 0.4) is 0 Å². The van der Waals surface area contributed by atoms with E-state index in [2.05, 4.69) is 4.98 Å². The van der Waals surface area contributed by atoms with E-state index in [1.807, 2.05) is 45.0 Å². The Morgan fingerprint density at radius 2 is 1.92 bits per heavy atom. The van der Waals surface area contributed by atoms with Crippen LogP contribution in [0.2, 0.25) is 0 Å². The second-order valence-corrected chi connectivity index (χ2v) is 7.42. The van der Waals surface area contributed by atoms with E-state index in [0.29, 0.717) is 16.6 Å². The lowest BCUT2D eigenvalue weighted by molar-refractivity contribution is -0.147. The zero-order chi connectivity index (χ0) is 18.8. The van der Waals surface area contributed by atoms with Gasteiger partial charge >= 0.3 is 5.97 Å². The normalized spacial score (nSPS) is 12.3. The standard InChI is InChI=1S/C20H22N2O3S/c1-5-15(20(24)25-6-2)22-11-21-18-17(19(22)23)16(13(4)26-18)14-9-7-12(3)8-10-14/h7-11,15H,5-6H2,1-4H3/t15-/m0/s1. The monoisotopic (exact) mass is 370 g/mol. The molecule has 0 aliphatic carbocycles. The van der Waals surface area contributed by atoms with Gasteiger partial charge in [-0.1, -0.05) is 36.8 Å². The van der Waals surface area contributed by atoms with Crippen molar-refractivity contribution < 1.29 is 9.53 Å². The number of thiophene rings is 1. The molecule has 0 fully saturated rings. The molecule has 2 heterocycles. The predicted octanol–water partition coefficient (Wildman–Crippen LogP) is 4.26. The highest BCUT2D eigenvalue weighted by molar-refractivity contribution is 7.19.